The van der Waals surface area contributed by atoms with Crippen LogP contribution in [0.3, 0.4) is 0 Å². The largest absolute Gasteiger partial charge is 0.444 e. The molecule has 152 valence electrons. The molecular weight excluding hydrogens is 371 g/mol. The summed E-state index contributed by atoms with van der Waals surface area (Å²) in [5, 5.41) is 6.41. The number of aromatic nitrogens is 1. The van der Waals surface area contributed by atoms with Gasteiger partial charge < -0.3 is 19.8 Å². The van der Waals surface area contributed by atoms with Gasteiger partial charge in [0, 0.05) is 31.8 Å². The number of hydrogen-bond donors (Lipinski definition) is 2. The Bertz CT molecular complexity index is 967. The maximum Gasteiger partial charge on any atom is 0.226 e. The van der Waals surface area contributed by atoms with Crippen LogP contribution in [0.15, 0.2) is 58.1 Å². The predicted octanol–water partition coefficient (Wildman–Crippen LogP) is 3.80. The molecule has 0 unspecified atom stereocenters. The quantitative estimate of drug-likeness (QED) is 0.470. The summed E-state index contributed by atoms with van der Waals surface area (Å²) in [5.41, 5.74) is 4.36. The van der Waals surface area contributed by atoms with Crippen molar-refractivity contribution in [2.45, 2.75) is 26.6 Å². The number of nitrogens with zero attached hydrogens (tertiary/aromatic N) is 2. The van der Waals surface area contributed by atoms with Crippen LogP contribution >= 0.6 is 0 Å². The summed E-state index contributed by atoms with van der Waals surface area (Å²) in [6, 6.07) is 13.0. The number of rotatable bonds is 7. The summed E-state index contributed by atoms with van der Waals surface area (Å²) in [6.07, 6.45) is 1.63. The molecule has 0 amide bonds. The number of methoxy groups -OCH3 is 1. The molecule has 1 aromatic heterocycles. The standard InChI is InChI=1S/C22H25FN4O2/c1-15-4-7-17(8-5-15)21-27-19(14-29-21)12-26-22(24-2)25-11-16-6-9-20(23)18(10-16)13-28-3/h4-10,14H,11-13H2,1-3H3,(H2,24,25,26). The summed E-state index contributed by atoms with van der Waals surface area (Å²) < 4.78 is 24.3. The zero-order valence-corrected chi connectivity index (χ0v) is 16.8. The second-order valence-corrected chi connectivity index (χ2v) is 6.65. The van der Waals surface area contributed by atoms with Gasteiger partial charge in [-0.25, -0.2) is 9.37 Å². The zero-order valence-electron chi connectivity index (χ0n) is 16.8. The smallest absolute Gasteiger partial charge is 0.226 e. The maximum absolute atomic E-state index is 13.7. The van der Waals surface area contributed by atoms with Gasteiger partial charge in [0.15, 0.2) is 5.96 Å². The molecule has 0 saturated carbocycles. The third-order valence-corrected chi connectivity index (χ3v) is 4.38. The third-order valence-electron chi connectivity index (χ3n) is 4.38. The van der Waals surface area contributed by atoms with E-state index in [2.05, 4.69) is 20.6 Å². The van der Waals surface area contributed by atoms with Gasteiger partial charge >= 0.3 is 0 Å². The Morgan fingerprint density at radius 1 is 1.14 bits per heavy atom. The molecule has 3 aromatic rings. The fourth-order valence-corrected chi connectivity index (χ4v) is 2.80. The van der Waals surface area contributed by atoms with Crippen molar-refractivity contribution in [2.75, 3.05) is 14.2 Å². The number of oxazole rings is 1. The van der Waals surface area contributed by atoms with Crippen LogP contribution in [-0.4, -0.2) is 25.1 Å². The van der Waals surface area contributed by atoms with Gasteiger partial charge in [-0.1, -0.05) is 23.8 Å². The lowest BCUT2D eigenvalue weighted by Gasteiger charge is -2.12. The number of hydrogen-bond acceptors (Lipinski definition) is 4. The van der Waals surface area contributed by atoms with E-state index in [0.29, 0.717) is 30.5 Å². The molecule has 0 radical (unpaired) electrons. The Hall–Kier alpha value is -3.19. The maximum atomic E-state index is 13.7. The summed E-state index contributed by atoms with van der Waals surface area (Å²) in [6.45, 7) is 3.25. The van der Waals surface area contributed by atoms with Crippen LogP contribution in [0, 0.1) is 12.7 Å². The predicted molar refractivity (Wildman–Crippen MR) is 111 cm³/mol. The van der Waals surface area contributed by atoms with Crippen LogP contribution in [0.25, 0.3) is 11.5 Å². The lowest BCUT2D eigenvalue weighted by Crippen LogP contribution is -2.36. The molecule has 3 rings (SSSR count). The molecule has 2 aromatic carbocycles. The van der Waals surface area contributed by atoms with E-state index in [9.17, 15) is 4.39 Å². The number of halogens is 1. The third kappa shape index (κ3) is 5.65. The summed E-state index contributed by atoms with van der Waals surface area (Å²) in [4.78, 5) is 8.72. The van der Waals surface area contributed by atoms with Crippen molar-refractivity contribution in [1.29, 1.82) is 0 Å². The highest BCUT2D eigenvalue weighted by molar-refractivity contribution is 5.79. The van der Waals surface area contributed by atoms with Crippen molar-refractivity contribution in [1.82, 2.24) is 15.6 Å². The SMILES string of the molecule is CN=C(NCc1ccc(F)c(COC)c1)NCc1coc(-c2ccc(C)cc2)n1. The number of nitrogens with one attached hydrogen (secondary N) is 2. The fraction of sp³-hybridized carbons (Fsp3) is 0.273. The van der Waals surface area contributed by atoms with Gasteiger partial charge in [0.1, 0.15) is 12.1 Å². The van der Waals surface area contributed by atoms with Gasteiger partial charge in [0.05, 0.1) is 18.8 Å². The zero-order chi connectivity index (χ0) is 20.6. The first-order valence-corrected chi connectivity index (χ1v) is 9.31. The van der Waals surface area contributed by atoms with E-state index in [1.807, 2.05) is 31.2 Å². The van der Waals surface area contributed by atoms with Gasteiger partial charge in [-0.15, -0.1) is 0 Å². The van der Waals surface area contributed by atoms with E-state index in [1.165, 1.54) is 11.6 Å². The first-order chi connectivity index (χ1) is 14.1. The second-order valence-electron chi connectivity index (χ2n) is 6.65. The van der Waals surface area contributed by atoms with Gasteiger partial charge in [0.2, 0.25) is 5.89 Å². The molecule has 0 spiro atoms. The topological polar surface area (TPSA) is 71.7 Å². The van der Waals surface area contributed by atoms with E-state index in [1.54, 1.807) is 32.6 Å². The van der Waals surface area contributed by atoms with E-state index in [4.69, 9.17) is 9.15 Å². The van der Waals surface area contributed by atoms with Crippen LogP contribution in [0.1, 0.15) is 22.4 Å². The van der Waals surface area contributed by atoms with Gasteiger partial charge in [0.25, 0.3) is 0 Å². The van der Waals surface area contributed by atoms with Crippen LogP contribution in [0.4, 0.5) is 4.39 Å². The normalized spacial score (nSPS) is 11.5. The molecule has 0 aliphatic heterocycles. The molecule has 7 heteroatoms. The molecule has 29 heavy (non-hydrogen) atoms. The van der Waals surface area contributed by atoms with Gasteiger partial charge in [-0.3, -0.25) is 4.99 Å². The lowest BCUT2D eigenvalue weighted by atomic mass is 10.1. The first-order valence-electron chi connectivity index (χ1n) is 9.31. The van der Waals surface area contributed by atoms with Crippen molar-refractivity contribution < 1.29 is 13.5 Å². The number of aryl methyl sites for hydroxylation is 1. The summed E-state index contributed by atoms with van der Waals surface area (Å²) >= 11 is 0. The minimum absolute atomic E-state index is 0.238. The molecule has 1 heterocycles. The molecule has 2 N–H and O–H groups in total. The Morgan fingerprint density at radius 3 is 2.62 bits per heavy atom. The monoisotopic (exact) mass is 396 g/mol. The molecule has 0 aliphatic rings. The second kappa shape index (κ2) is 9.84. The van der Waals surface area contributed by atoms with E-state index >= 15 is 0 Å². The lowest BCUT2D eigenvalue weighted by molar-refractivity contribution is 0.181. The average Bonchev–Trinajstić information content (AvgIpc) is 3.20. The van der Waals surface area contributed by atoms with Crippen LogP contribution in [-0.2, 0) is 24.4 Å². The molecule has 0 bridgehead atoms. The fourth-order valence-electron chi connectivity index (χ4n) is 2.80. The van der Waals surface area contributed by atoms with Crippen LogP contribution in [0.2, 0.25) is 0 Å². The van der Waals surface area contributed by atoms with Crippen molar-refractivity contribution in [3.8, 4) is 11.5 Å². The summed E-state index contributed by atoms with van der Waals surface area (Å²) in [5.74, 6) is 0.928. The molecule has 0 atom stereocenters. The van der Waals surface area contributed by atoms with Crippen molar-refractivity contribution in [2.24, 2.45) is 4.99 Å². The Labute approximate surface area is 169 Å². The number of aliphatic imine (C=N–C) groups is 1. The Kier molecular flexibility index (Phi) is 6.97. The number of guanidine groups is 1. The summed E-state index contributed by atoms with van der Waals surface area (Å²) in [7, 11) is 3.24. The highest BCUT2D eigenvalue weighted by Gasteiger charge is 2.08. The minimum atomic E-state index is -0.270. The van der Waals surface area contributed by atoms with Crippen molar-refractivity contribution in [3.63, 3.8) is 0 Å². The number of ether oxygens (including phenoxy) is 1. The van der Waals surface area contributed by atoms with Gasteiger partial charge in [-0.2, -0.15) is 0 Å². The van der Waals surface area contributed by atoms with E-state index < -0.39 is 0 Å². The molecule has 0 fully saturated rings. The van der Waals surface area contributed by atoms with Crippen molar-refractivity contribution >= 4 is 5.96 Å². The van der Waals surface area contributed by atoms with Crippen molar-refractivity contribution in [3.05, 3.63) is 76.9 Å². The van der Waals surface area contributed by atoms with Gasteiger partial charge in [-0.05, 0) is 36.8 Å². The molecule has 6 nitrogen and oxygen atoms in total. The van der Waals surface area contributed by atoms with E-state index in [-0.39, 0.29) is 12.4 Å². The highest BCUT2D eigenvalue weighted by atomic mass is 19.1. The Balaban J connectivity index is 1.55. The first kappa shape index (κ1) is 20.5. The molecule has 0 saturated heterocycles. The van der Waals surface area contributed by atoms with E-state index in [0.717, 1.165) is 16.8 Å². The highest BCUT2D eigenvalue weighted by Crippen LogP contribution is 2.19. The molecule has 0 aliphatic carbocycles. The Morgan fingerprint density at radius 2 is 1.90 bits per heavy atom. The molecular formula is C22H25FN4O2. The minimum Gasteiger partial charge on any atom is -0.444 e. The van der Waals surface area contributed by atoms with Crippen LogP contribution in [0.5, 0.6) is 0 Å². The number of benzene rings is 2. The van der Waals surface area contributed by atoms with Crippen LogP contribution < -0.4 is 10.6 Å². The average molecular weight is 396 g/mol.